The molecule has 2 aliphatic rings. The Morgan fingerprint density at radius 1 is 1.09 bits per heavy atom. The molecule has 4 rings (SSSR count). The van der Waals surface area contributed by atoms with Crippen LogP contribution in [0.1, 0.15) is 15.9 Å². The molecule has 0 saturated heterocycles. The second-order valence-corrected chi connectivity index (χ2v) is 5.19. The quantitative estimate of drug-likeness (QED) is 0.625. The smallest absolute Gasteiger partial charge is 0.353 e. The van der Waals surface area contributed by atoms with E-state index in [-0.39, 0.29) is 6.79 Å². The van der Waals surface area contributed by atoms with Crippen LogP contribution in [0.5, 0.6) is 17.2 Å². The van der Waals surface area contributed by atoms with Crippen LogP contribution in [0.15, 0.2) is 42.5 Å². The Labute approximate surface area is 131 Å². The van der Waals surface area contributed by atoms with Crippen molar-refractivity contribution in [1.82, 2.24) is 0 Å². The van der Waals surface area contributed by atoms with Crippen LogP contribution in [0.25, 0.3) is 0 Å². The number of carbonyl (C=O) groups excluding carboxylic acids is 2. The predicted molar refractivity (Wildman–Crippen MR) is 77.5 cm³/mol. The van der Waals surface area contributed by atoms with Gasteiger partial charge in [-0.2, -0.15) is 0 Å². The summed E-state index contributed by atoms with van der Waals surface area (Å²) in [5.41, 5.74) is 1.26. The molecule has 0 fully saturated rings. The van der Waals surface area contributed by atoms with Crippen molar-refractivity contribution in [3.05, 3.63) is 53.6 Å². The Morgan fingerprint density at radius 3 is 2.83 bits per heavy atom. The van der Waals surface area contributed by atoms with Crippen molar-refractivity contribution in [2.45, 2.75) is 12.5 Å². The number of hydrogen-bond donors (Lipinski definition) is 0. The molecular formula is C17H12O6. The van der Waals surface area contributed by atoms with Crippen LogP contribution in [0, 0.1) is 0 Å². The average Bonchev–Trinajstić information content (AvgIpc) is 3.02. The molecule has 0 amide bonds. The Bertz CT molecular complexity index is 797. The first kappa shape index (κ1) is 13.6. The lowest BCUT2D eigenvalue weighted by Gasteiger charge is -2.23. The standard InChI is InChI=1S/C17H12O6/c18-16-12-4-2-1-3-10(12)7-15(23-16)17(19)22-11-5-6-13-14(8-11)21-9-20-13/h1-6,8,15H,7,9H2/t15-/m1/s1. The number of rotatable bonds is 2. The second kappa shape index (κ2) is 5.31. The molecule has 2 heterocycles. The molecule has 0 N–H and O–H groups in total. The minimum atomic E-state index is -0.956. The minimum Gasteiger partial charge on any atom is -0.454 e. The third-order valence-corrected chi connectivity index (χ3v) is 3.72. The largest absolute Gasteiger partial charge is 0.454 e. The Hall–Kier alpha value is -3.02. The van der Waals surface area contributed by atoms with Gasteiger partial charge in [-0.3, -0.25) is 0 Å². The summed E-state index contributed by atoms with van der Waals surface area (Å²) in [6.07, 6.45) is -0.659. The first-order chi connectivity index (χ1) is 11.2. The number of fused-ring (bicyclic) bond motifs is 2. The summed E-state index contributed by atoms with van der Waals surface area (Å²) in [5, 5.41) is 0. The zero-order valence-electron chi connectivity index (χ0n) is 12.0. The van der Waals surface area contributed by atoms with Crippen molar-refractivity contribution in [3.63, 3.8) is 0 Å². The summed E-state index contributed by atoms with van der Waals surface area (Å²) >= 11 is 0. The van der Waals surface area contributed by atoms with E-state index in [1.807, 2.05) is 6.07 Å². The fourth-order valence-corrected chi connectivity index (χ4v) is 2.59. The van der Waals surface area contributed by atoms with Crippen molar-refractivity contribution in [1.29, 1.82) is 0 Å². The molecule has 0 bridgehead atoms. The summed E-state index contributed by atoms with van der Waals surface area (Å²) in [4.78, 5) is 24.2. The van der Waals surface area contributed by atoms with Gasteiger partial charge in [0.15, 0.2) is 11.5 Å². The SMILES string of the molecule is O=C1O[C@@H](C(=O)Oc2ccc3c(c2)OCO3)Cc2ccccc21. The highest BCUT2D eigenvalue weighted by molar-refractivity contribution is 5.95. The topological polar surface area (TPSA) is 71.1 Å². The Balaban J connectivity index is 1.51. The van der Waals surface area contributed by atoms with Gasteiger partial charge in [-0.25, -0.2) is 9.59 Å². The molecule has 6 heteroatoms. The van der Waals surface area contributed by atoms with E-state index in [4.69, 9.17) is 18.9 Å². The van der Waals surface area contributed by atoms with Gasteiger partial charge in [-0.15, -0.1) is 0 Å². The lowest BCUT2D eigenvalue weighted by atomic mass is 9.99. The molecule has 2 aromatic rings. The number of hydrogen-bond acceptors (Lipinski definition) is 6. The summed E-state index contributed by atoms with van der Waals surface area (Å²) in [7, 11) is 0. The van der Waals surface area contributed by atoms with Crippen molar-refractivity contribution >= 4 is 11.9 Å². The van der Waals surface area contributed by atoms with Crippen LogP contribution in [0.3, 0.4) is 0 Å². The summed E-state index contributed by atoms with van der Waals surface area (Å²) in [6.45, 7) is 0.143. The molecule has 2 aromatic carbocycles. The van der Waals surface area contributed by atoms with Gasteiger partial charge in [-0.1, -0.05) is 18.2 Å². The van der Waals surface area contributed by atoms with Gasteiger partial charge in [0.05, 0.1) is 5.56 Å². The maximum atomic E-state index is 12.3. The maximum Gasteiger partial charge on any atom is 0.353 e. The van der Waals surface area contributed by atoms with Crippen LogP contribution in [0.2, 0.25) is 0 Å². The molecule has 0 spiro atoms. The van der Waals surface area contributed by atoms with E-state index in [2.05, 4.69) is 0 Å². The summed E-state index contributed by atoms with van der Waals surface area (Å²) < 4.78 is 20.9. The van der Waals surface area contributed by atoms with E-state index in [1.165, 1.54) is 0 Å². The van der Waals surface area contributed by atoms with Crippen molar-refractivity contribution in [2.75, 3.05) is 6.79 Å². The summed E-state index contributed by atoms with van der Waals surface area (Å²) in [6, 6.07) is 11.9. The lowest BCUT2D eigenvalue weighted by Crippen LogP contribution is -2.36. The monoisotopic (exact) mass is 312 g/mol. The zero-order chi connectivity index (χ0) is 15.8. The van der Waals surface area contributed by atoms with Gasteiger partial charge < -0.3 is 18.9 Å². The molecule has 2 aliphatic heterocycles. The predicted octanol–water partition coefficient (Wildman–Crippen LogP) is 2.10. The molecule has 6 nitrogen and oxygen atoms in total. The van der Waals surface area contributed by atoms with Crippen molar-refractivity contribution in [3.8, 4) is 17.2 Å². The van der Waals surface area contributed by atoms with Gasteiger partial charge in [0.1, 0.15) is 5.75 Å². The van der Waals surface area contributed by atoms with Crippen LogP contribution >= 0.6 is 0 Å². The highest BCUT2D eigenvalue weighted by atomic mass is 16.7. The molecular weight excluding hydrogens is 300 g/mol. The minimum absolute atomic E-state index is 0.143. The van der Waals surface area contributed by atoms with E-state index in [0.717, 1.165) is 5.56 Å². The Morgan fingerprint density at radius 2 is 1.91 bits per heavy atom. The van der Waals surface area contributed by atoms with Crippen LogP contribution < -0.4 is 14.2 Å². The highest BCUT2D eigenvalue weighted by Gasteiger charge is 2.32. The van der Waals surface area contributed by atoms with E-state index < -0.39 is 18.0 Å². The third-order valence-electron chi connectivity index (χ3n) is 3.72. The number of carbonyl (C=O) groups is 2. The highest BCUT2D eigenvalue weighted by Crippen LogP contribution is 2.35. The van der Waals surface area contributed by atoms with Crippen LogP contribution in [-0.4, -0.2) is 24.8 Å². The molecule has 116 valence electrons. The van der Waals surface area contributed by atoms with Gasteiger partial charge >= 0.3 is 11.9 Å². The van der Waals surface area contributed by atoms with E-state index in [1.54, 1.807) is 36.4 Å². The molecule has 0 aliphatic carbocycles. The fourth-order valence-electron chi connectivity index (χ4n) is 2.59. The molecule has 0 radical (unpaired) electrons. The van der Waals surface area contributed by atoms with E-state index in [9.17, 15) is 9.59 Å². The summed E-state index contributed by atoms with van der Waals surface area (Å²) in [5.74, 6) is 0.296. The number of ether oxygens (including phenoxy) is 4. The van der Waals surface area contributed by atoms with Crippen LogP contribution in [-0.2, 0) is 16.0 Å². The molecule has 0 saturated carbocycles. The van der Waals surface area contributed by atoms with Gasteiger partial charge in [0, 0.05) is 12.5 Å². The Kier molecular flexibility index (Phi) is 3.15. The third kappa shape index (κ3) is 2.48. The van der Waals surface area contributed by atoms with Crippen LogP contribution in [0.4, 0.5) is 0 Å². The maximum absolute atomic E-state index is 12.3. The van der Waals surface area contributed by atoms with Gasteiger partial charge in [0.25, 0.3) is 0 Å². The fraction of sp³-hybridized carbons (Fsp3) is 0.176. The van der Waals surface area contributed by atoms with E-state index in [0.29, 0.717) is 29.2 Å². The van der Waals surface area contributed by atoms with Crippen molar-refractivity contribution < 1.29 is 28.5 Å². The number of cyclic esters (lactones) is 1. The lowest BCUT2D eigenvalue weighted by molar-refractivity contribution is -0.144. The molecule has 23 heavy (non-hydrogen) atoms. The molecule has 1 atom stereocenters. The molecule has 0 aromatic heterocycles. The first-order valence-corrected chi connectivity index (χ1v) is 7.11. The normalized spacial score (nSPS) is 18.1. The average molecular weight is 312 g/mol. The van der Waals surface area contributed by atoms with Crippen molar-refractivity contribution in [2.24, 2.45) is 0 Å². The van der Waals surface area contributed by atoms with Gasteiger partial charge in [-0.05, 0) is 23.8 Å². The van der Waals surface area contributed by atoms with Gasteiger partial charge in [0.2, 0.25) is 12.9 Å². The second-order valence-electron chi connectivity index (χ2n) is 5.19. The first-order valence-electron chi connectivity index (χ1n) is 7.11. The van der Waals surface area contributed by atoms with E-state index >= 15 is 0 Å². The zero-order valence-corrected chi connectivity index (χ0v) is 12.0. The molecule has 0 unspecified atom stereocenters. The number of benzene rings is 2. The number of esters is 2.